The number of rotatable bonds is 3. The molecule has 0 radical (unpaired) electrons. The normalized spacial score (nSPS) is 12.8. The molecule has 13 heavy (non-hydrogen) atoms. The van der Waals surface area contributed by atoms with E-state index in [0.717, 1.165) is 0 Å². The second-order valence-electron chi connectivity index (χ2n) is 2.11. The van der Waals surface area contributed by atoms with Crippen molar-refractivity contribution < 1.29 is 25.2 Å². The van der Waals surface area contributed by atoms with Gasteiger partial charge in [0.05, 0.1) is 0 Å². The lowest BCUT2D eigenvalue weighted by molar-refractivity contribution is -0.0494. The van der Waals surface area contributed by atoms with Crippen molar-refractivity contribution in [3.63, 3.8) is 0 Å². The van der Waals surface area contributed by atoms with Gasteiger partial charge >= 0.3 is 15.6 Å². The zero-order chi connectivity index (χ0) is 9.99. The zero-order valence-corrected chi connectivity index (χ0v) is 9.39. The second-order valence-corrected chi connectivity index (χ2v) is 5.16. The molecule has 3 nitrogen and oxygen atoms in total. The summed E-state index contributed by atoms with van der Waals surface area (Å²) in [6.07, 6.45) is 0. The molecule has 0 fully saturated rings. The SMILES string of the molecule is CC(C)SOS(=O)(=O)C(F)(F)F.S. The Hall–Kier alpha value is 0.400. The number of alkyl halides is 3. The lowest BCUT2D eigenvalue weighted by Gasteiger charge is -2.07. The number of hydrogen-bond acceptors (Lipinski definition) is 4. The fourth-order valence-electron chi connectivity index (χ4n) is 0.169. The fraction of sp³-hybridized carbons (Fsp3) is 1.00. The summed E-state index contributed by atoms with van der Waals surface area (Å²) >= 11 is 0.257. The molecule has 0 saturated carbocycles. The zero-order valence-electron chi connectivity index (χ0n) is 6.75. The first-order valence-corrected chi connectivity index (χ1v) is 5.04. The lowest BCUT2D eigenvalue weighted by Crippen LogP contribution is -2.23. The summed E-state index contributed by atoms with van der Waals surface area (Å²) in [5.41, 5.74) is -5.34. The van der Waals surface area contributed by atoms with Gasteiger partial charge in [0.25, 0.3) is 0 Å². The predicted molar refractivity (Wildman–Crippen MR) is 49.2 cm³/mol. The van der Waals surface area contributed by atoms with Crippen LogP contribution in [0.4, 0.5) is 13.2 Å². The maximum Gasteiger partial charge on any atom is 0.524 e. The summed E-state index contributed by atoms with van der Waals surface area (Å²) in [5.74, 6) is 0. The Morgan fingerprint density at radius 1 is 1.31 bits per heavy atom. The molecule has 0 aliphatic rings. The van der Waals surface area contributed by atoms with E-state index in [1.54, 1.807) is 0 Å². The van der Waals surface area contributed by atoms with Crippen LogP contribution >= 0.6 is 25.5 Å². The van der Waals surface area contributed by atoms with Crippen LogP contribution in [-0.4, -0.2) is 19.2 Å². The Bertz CT molecular complexity index is 233. The molecule has 0 aromatic heterocycles. The van der Waals surface area contributed by atoms with E-state index in [1.807, 2.05) is 0 Å². The van der Waals surface area contributed by atoms with Crippen LogP contribution in [0.3, 0.4) is 0 Å². The van der Waals surface area contributed by atoms with Crippen molar-refractivity contribution in [2.75, 3.05) is 0 Å². The molecule has 82 valence electrons. The van der Waals surface area contributed by atoms with Crippen LogP contribution in [0.1, 0.15) is 13.8 Å². The second kappa shape index (κ2) is 5.32. The average molecular weight is 258 g/mol. The van der Waals surface area contributed by atoms with Gasteiger partial charge in [-0.25, -0.2) is 0 Å². The van der Waals surface area contributed by atoms with Crippen LogP contribution in [-0.2, 0) is 13.7 Å². The van der Waals surface area contributed by atoms with Crippen molar-refractivity contribution in [2.45, 2.75) is 24.6 Å². The van der Waals surface area contributed by atoms with Gasteiger partial charge in [-0.2, -0.15) is 38.7 Å². The average Bonchev–Trinajstić information content (AvgIpc) is 1.81. The quantitative estimate of drug-likeness (QED) is 0.574. The number of halogens is 3. The third kappa shape index (κ3) is 5.66. The smallest absolute Gasteiger partial charge is 0.197 e. The highest BCUT2D eigenvalue weighted by molar-refractivity contribution is 8.05. The standard InChI is InChI=1S/C4H7F3O3S2.H2S/c1-3(2)11-10-12(8,9)4(5,6)7;/h3H,1-2H3;1H2. The molecule has 0 aliphatic heterocycles. The topological polar surface area (TPSA) is 43.4 Å². The summed E-state index contributed by atoms with van der Waals surface area (Å²) in [6.45, 7) is 3.02. The van der Waals surface area contributed by atoms with Crippen LogP contribution in [0.5, 0.6) is 0 Å². The first-order valence-electron chi connectivity index (χ1n) is 2.83. The highest BCUT2D eigenvalue weighted by Crippen LogP contribution is 2.29. The van der Waals surface area contributed by atoms with E-state index in [1.165, 1.54) is 13.8 Å². The number of hydrogen-bond donors (Lipinski definition) is 0. The fourth-order valence-corrected chi connectivity index (χ4v) is 1.52. The van der Waals surface area contributed by atoms with Crippen molar-refractivity contribution in [3.8, 4) is 0 Å². The van der Waals surface area contributed by atoms with Gasteiger partial charge < -0.3 is 0 Å². The van der Waals surface area contributed by atoms with Gasteiger partial charge in [-0.05, 0) is 0 Å². The van der Waals surface area contributed by atoms with Gasteiger partial charge in [0.2, 0.25) is 0 Å². The Balaban J connectivity index is 0. The van der Waals surface area contributed by atoms with Crippen LogP contribution < -0.4 is 0 Å². The molecule has 0 bridgehead atoms. The summed E-state index contributed by atoms with van der Waals surface area (Å²) in [4.78, 5) is 0. The van der Waals surface area contributed by atoms with E-state index in [-0.39, 0.29) is 30.8 Å². The highest BCUT2D eigenvalue weighted by atomic mass is 32.3. The Kier molecular flexibility index (Phi) is 6.49. The van der Waals surface area contributed by atoms with Crippen molar-refractivity contribution in [1.82, 2.24) is 0 Å². The first kappa shape index (κ1) is 15.9. The molecule has 0 aliphatic carbocycles. The Morgan fingerprint density at radius 2 is 1.69 bits per heavy atom. The van der Waals surface area contributed by atoms with Gasteiger partial charge in [0, 0.05) is 17.3 Å². The third-order valence-electron chi connectivity index (χ3n) is 0.605. The van der Waals surface area contributed by atoms with Crippen LogP contribution in [0.15, 0.2) is 0 Å². The molecule has 0 N–H and O–H groups in total. The lowest BCUT2D eigenvalue weighted by atomic mass is 10.6. The molecule has 9 heteroatoms. The minimum absolute atomic E-state index is 0. The first-order chi connectivity index (χ1) is 5.17. The Labute approximate surface area is 85.8 Å². The van der Waals surface area contributed by atoms with E-state index in [2.05, 4.69) is 3.63 Å². The molecule has 0 aromatic rings. The van der Waals surface area contributed by atoms with Crippen LogP contribution in [0.2, 0.25) is 0 Å². The summed E-state index contributed by atoms with van der Waals surface area (Å²) < 4.78 is 58.7. The maximum atomic E-state index is 11.6. The van der Waals surface area contributed by atoms with Crippen molar-refractivity contribution in [2.24, 2.45) is 0 Å². The highest BCUT2D eigenvalue weighted by Gasteiger charge is 2.47. The molecule has 0 saturated heterocycles. The minimum atomic E-state index is -5.43. The van der Waals surface area contributed by atoms with Gasteiger partial charge in [0.1, 0.15) is 0 Å². The summed E-state index contributed by atoms with van der Waals surface area (Å²) in [7, 11) is -5.43. The van der Waals surface area contributed by atoms with E-state index < -0.39 is 15.6 Å². The van der Waals surface area contributed by atoms with E-state index in [4.69, 9.17) is 0 Å². The van der Waals surface area contributed by atoms with E-state index in [9.17, 15) is 21.6 Å². The summed E-state index contributed by atoms with van der Waals surface area (Å²) in [6, 6.07) is 0. The molecular weight excluding hydrogens is 249 g/mol. The van der Waals surface area contributed by atoms with Gasteiger partial charge in [0.15, 0.2) is 0 Å². The third-order valence-corrected chi connectivity index (χ3v) is 2.59. The van der Waals surface area contributed by atoms with Crippen LogP contribution in [0.25, 0.3) is 0 Å². The van der Waals surface area contributed by atoms with Gasteiger partial charge in [-0.15, -0.1) is 0 Å². The maximum absolute atomic E-state index is 11.6. The van der Waals surface area contributed by atoms with Crippen LogP contribution in [0, 0.1) is 0 Å². The van der Waals surface area contributed by atoms with E-state index >= 15 is 0 Å². The molecule has 0 aromatic carbocycles. The van der Waals surface area contributed by atoms with Crippen molar-refractivity contribution in [1.29, 1.82) is 0 Å². The molecule has 0 atom stereocenters. The van der Waals surface area contributed by atoms with Crippen molar-refractivity contribution >= 4 is 35.7 Å². The van der Waals surface area contributed by atoms with E-state index in [0.29, 0.717) is 0 Å². The predicted octanol–water partition coefficient (Wildman–Crippen LogP) is 2.02. The Morgan fingerprint density at radius 3 is 1.92 bits per heavy atom. The molecule has 0 spiro atoms. The van der Waals surface area contributed by atoms with Gasteiger partial charge in [-0.1, -0.05) is 13.8 Å². The van der Waals surface area contributed by atoms with Gasteiger partial charge in [-0.3, -0.25) is 0 Å². The molecule has 0 heterocycles. The monoisotopic (exact) mass is 258 g/mol. The molecule has 0 amide bonds. The largest absolute Gasteiger partial charge is 0.524 e. The summed E-state index contributed by atoms with van der Waals surface area (Å²) in [5, 5.41) is -0.345. The van der Waals surface area contributed by atoms with Crippen molar-refractivity contribution in [3.05, 3.63) is 0 Å². The molecule has 0 rings (SSSR count). The minimum Gasteiger partial charge on any atom is -0.197 e. The molecular formula is C4H9F3O3S3. The molecule has 0 unspecified atom stereocenters.